The monoisotopic (exact) mass is 206 g/mol. The molecule has 0 amide bonds. The number of benzene rings is 1. The average Bonchev–Trinajstić information content (AvgIpc) is 2.26. The lowest BCUT2D eigenvalue weighted by Crippen LogP contribution is -2.17. The molecule has 0 saturated carbocycles. The van der Waals surface area contributed by atoms with Crippen LogP contribution >= 0.6 is 0 Å². The van der Waals surface area contributed by atoms with Gasteiger partial charge >= 0.3 is 0 Å². The molecule has 0 aromatic heterocycles. The maximum atomic E-state index is 5.85. The zero-order valence-corrected chi connectivity index (χ0v) is 9.96. The Kier molecular flexibility index (Phi) is 4.63. The molecule has 1 aromatic rings. The highest BCUT2D eigenvalue weighted by molar-refractivity contribution is 5.47. The highest BCUT2D eigenvalue weighted by Crippen LogP contribution is 2.17. The van der Waals surface area contributed by atoms with E-state index in [0.717, 1.165) is 12.8 Å². The Morgan fingerprint density at radius 2 is 1.93 bits per heavy atom. The van der Waals surface area contributed by atoms with Crippen molar-refractivity contribution in [2.45, 2.75) is 45.7 Å². The van der Waals surface area contributed by atoms with Gasteiger partial charge in [-0.2, -0.15) is 0 Å². The Morgan fingerprint density at radius 1 is 1.27 bits per heavy atom. The van der Waals surface area contributed by atoms with E-state index in [0.29, 0.717) is 6.04 Å². The van der Waals surface area contributed by atoms with Gasteiger partial charge in [0.2, 0.25) is 0 Å². The van der Waals surface area contributed by atoms with E-state index < -0.39 is 0 Å². The maximum Gasteiger partial charge on any atom is 0.0345 e. The van der Waals surface area contributed by atoms with Crippen molar-refractivity contribution in [3.63, 3.8) is 0 Å². The first-order valence-corrected chi connectivity index (χ1v) is 5.79. The first-order chi connectivity index (χ1) is 7.17. The van der Waals surface area contributed by atoms with Crippen LogP contribution in [0.4, 0.5) is 5.69 Å². The third-order valence-electron chi connectivity index (χ3n) is 2.77. The molecule has 0 heterocycles. The van der Waals surface area contributed by atoms with Crippen molar-refractivity contribution >= 4 is 5.69 Å². The van der Waals surface area contributed by atoms with E-state index in [4.69, 9.17) is 5.73 Å². The largest absolute Gasteiger partial charge is 0.382 e. The van der Waals surface area contributed by atoms with Gasteiger partial charge in [-0.25, -0.2) is 0 Å². The molecule has 15 heavy (non-hydrogen) atoms. The van der Waals surface area contributed by atoms with Crippen LogP contribution in [0.1, 0.15) is 45.2 Å². The molecule has 2 heteroatoms. The highest BCUT2D eigenvalue weighted by atomic mass is 14.9. The van der Waals surface area contributed by atoms with Crippen LogP contribution in [0.3, 0.4) is 0 Å². The molecule has 0 bridgehead atoms. The third-order valence-corrected chi connectivity index (χ3v) is 2.77. The molecule has 0 aliphatic carbocycles. The Labute approximate surface area is 92.9 Å². The van der Waals surface area contributed by atoms with Crippen LogP contribution in [0.2, 0.25) is 0 Å². The molecule has 0 aliphatic rings. The summed E-state index contributed by atoms with van der Waals surface area (Å²) in [7, 11) is 0. The van der Waals surface area contributed by atoms with Crippen molar-refractivity contribution < 1.29 is 0 Å². The standard InChI is InChI=1S/C13H22N2/c1-4-12(5-2)15-13-8-6-7-11(9-13)10(3)14/h6-10,12,15H,4-5,14H2,1-3H3. The maximum absolute atomic E-state index is 5.85. The van der Waals surface area contributed by atoms with E-state index in [2.05, 4.69) is 43.4 Å². The predicted octanol–water partition coefficient (Wildman–Crippen LogP) is 3.31. The van der Waals surface area contributed by atoms with Crippen molar-refractivity contribution in [2.75, 3.05) is 5.32 Å². The quantitative estimate of drug-likeness (QED) is 0.775. The van der Waals surface area contributed by atoms with Gasteiger partial charge in [-0.05, 0) is 37.5 Å². The first-order valence-electron chi connectivity index (χ1n) is 5.79. The predicted molar refractivity (Wildman–Crippen MR) is 67.0 cm³/mol. The molecule has 1 unspecified atom stereocenters. The lowest BCUT2D eigenvalue weighted by Gasteiger charge is -2.17. The van der Waals surface area contributed by atoms with E-state index in [1.807, 2.05) is 6.92 Å². The minimum absolute atomic E-state index is 0.105. The van der Waals surface area contributed by atoms with Crippen molar-refractivity contribution in [3.05, 3.63) is 29.8 Å². The Hall–Kier alpha value is -1.02. The van der Waals surface area contributed by atoms with Gasteiger partial charge in [-0.1, -0.05) is 26.0 Å². The summed E-state index contributed by atoms with van der Waals surface area (Å²) in [6.45, 7) is 6.42. The van der Waals surface area contributed by atoms with E-state index in [1.54, 1.807) is 0 Å². The van der Waals surface area contributed by atoms with Gasteiger partial charge in [-0.15, -0.1) is 0 Å². The summed E-state index contributed by atoms with van der Waals surface area (Å²) in [4.78, 5) is 0. The second kappa shape index (κ2) is 5.76. The normalized spacial score (nSPS) is 12.9. The Morgan fingerprint density at radius 3 is 2.47 bits per heavy atom. The van der Waals surface area contributed by atoms with Crippen LogP contribution in [0.15, 0.2) is 24.3 Å². The van der Waals surface area contributed by atoms with Crippen LogP contribution < -0.4 is 11.1 Å². The minimum Gasteiger partial charge on any atom is -0.382 e. The lowest BCUT2D eigenvalue weighted by atomic mass is 10.1. The number of hydrogen-bond acceptors (Lipinski definition) is 2. The van der Waals surface area contributed by atoms with Crippen LogP contribution in [-0.2, 0) is 0 Å². The molecule has 3 N–H and O–H groups in total. The summed E-state index contributed by atoms with van der Waals surface area (Å²) in [6, 6.07) is 9.04. The van der Waals surface area contributed by atoms with E-state index in [-0.39, 0.29) is 6.04 Å². The molecule has 1 atom stereocenters. The van der Waals surface area contributed by atoms with Crippen molar-refractivity contribution in [3.8, 4) is 0 Å². The molecular weight excluding hydrogens is 184 g/mol. The van der Waals surface area contributed by atoms with Gasteiger partial charge in [0, 0.05) is 17.8 Å². The van der Waals surface area contributed by atoms with Crippen LogP contribution in [0.25, 0.3) is 0 Å². The summed E-state index contributed by atoms with van der Waals surface area (Å²) in [5, 5.41) is 3.52. The fourth-order valence-electron chi connectivity index (χ4n) is 1.64. The lowest BCUT2D eigenvalue weighted by molar-refractivity contribution is 0.671. The summed E-state index contributed by atoms with van der Waals surface area (Å²) >= 11 is 0. The molecule has 2 nitrogen and oxygen atoms in total. The molecule has 0 fully saturated rings. The van der Waals surface area contributed by atoms with Crippen LogP contribution in [0, 0.1) is 0 Å². The van der Waals surface area contributed by atoms with E-state index >= 15 is 0 Å². The first kappa shape index (κ1) is 12.1. The smallest absolute Gasteiger partial charge is 0.0345 e. The van der Waals surface area contributed by atoms with Crippen molar-refractivity contribution in [1.29, 1.82) is 0 Å². The fraction of sp³-hybridized carbons (Fsp3) is 0.538. The molecule has 1 rings (SSSR count). The van der Waals surface area contributed by atoms with E-state index in [9.17, 15) is 0 Å². The minimum atomic E-state index is 0.105. The Bertz CT molecular complexity index is 290. The number of nitrogens with two attached hydrogens (primary N) is 1. The number of rotatable bonds is 5. The van der Waals surface area contributed by atoms with Gasteiger partial charge in [0.1, 0.15) is 0 Å². The van der Waals surface area contributed by atoms with Crippen LogP contribution in [-0.4, -0.2) is 6.04 Å². The Balaban J connectivity index is 2.72. The molecule has 1 aromatic carbocycles. The summed E-state index contributed by atoms with van der Waals surface area (Å²) in [5.74, 6) is 0. The van der Waals surface area contributed by atoms with Gasteiger partial charge in [0.15, 0.2) is 0 Å². The van der Waals surface area contributed by atoms with Crippen LogP contribution in [0.5, 0.6) is 0 Å². The van der Waals surface area contributed by atoms with Gasteiger partial charge in [-0.3, -0.25) is 0 Å². The summed E-state index contributed by atoms with van der Waals surface area (Å²) < 4.78 is 0. The highest BCUT2D eigenvalue weighted by Gasteiger charge is 2.04. The SMILES string of the molecule is CCC(CC)Nc1cccc(C(C)N)c1. The van der Waals surface area contributed by atoms with Crippen molar-refractivity contribution in [2.24, 2.45) is 5.73 Å². The van der Waals surface area contributed by atoms with Gasteiger partial charge < -0.3 is 11.1 Å². The zero-order chi connectivity index (χ0) is 11.3. The van der Waals surface area contributed by atoms with Crippen molar-refractivity contribution in [1.82, 2.24) is 0 Å². The molecule has 0 spiro atoms. The number of anilines is 1. The topological polar surface area (TPSA) is 38.0 Å². The molecular formula is C13H22N2. The second-order valence-electron chi connectivity index (χ2n) is 4.07. The summed E-state index contributed by atoms with van der Waals surface area (Å²) in [6.07, 6.45) is 2.30. The fourth-order valence-corrected chi connectivity index (χ4v) is 1.64. The molecule has 0 radical (unpaired) electrons. The molecule has 0 aliphatic heterocycles. The zero-order valence-electron chi connectivity index (χ0n) is 9.96. The number of hydrogen-bond donors (Lipinski definition) is 2. The number of nitrogens with one attached hydrogen (secondary N) is 1. The third kappa shape index (κ3) is 3.56. The second-order valence-corrected chi connectivity index (χ2v) is 4.07. The average molecular weight is 206 g/mol. The molecule has 0 saturated heterocycles. The van der Waals surface area contributed by atoms with E-state index in [1.165, 1.54) is 11.3 Å². The summed E-state index contributed by atoms with van der Waals surface area (Å²) in [5.41, 5.74) is 8.22. The van der Waals surface area contributed by atoms with Gasteiger partial charge in [0.05, 0.1) is 0 Å². The molecule has 84 valence electrons. The van der Waals surface area contributed by atoms with Gasteiger partial charge in [0.25, 0.3) is 0 Å².